The van der Waals surface area contributed by atoms with Crippen molar-refractivity contribution in [2.24, 2.45) is 0 Å². The zero-order valence-corrected chi connectivity index (χ0v) is 14.1. The topological polar surface area (TPSA) is 85.8 Å². The number of amides is 1. The molecule has 1 aromatic heterocycles. The van der Waals surface area contributed by atoms with E-state index in [-0.39, 0.29) is 17.1 Å². The van der Waals surface area contributed by atoms with Crippen molar-refractivity contribution in [1.82, 2.24) is 20.2 Å². The summed E-state index contributed by atoms with van der Waals surface area (Å²) >= 11 is 1.25. The maximum atomic E-state index is 11.3. The second kappa shape index (κ2) is 6.39. The van der Waals surface area contributed by atoms with Crippen molar-refractivity contribution in [1.29, 1.82) is 0 Å². The molecule has 6 nitrogen and oxygen atoms in total. The first-order chi connectivity index (χ1) is 10.3. The molecule has 2 aromatic rings. The summed E-state index contributed by atoms with van der Waals surface area (Å²) in [4.78, 5) is 11.3. The van der Waals surface area contributed by atoms with E-state index in [4.69, 9.17) is 5.84 Å². The van der Waals surface area contributed by atoms with Crippen LogP contribution in [0, 0.1) is 0 Å². The van der Waals surface area contributed by atoms with Crippen molar-refractivity contribution in [3.63, 3.8) is 0 Å². The zero-order chi connectivity index (χ0) is 16.3. The van der Waals surface area contributed by atoms with Crippen LogP contribution in [-0.4, -0.2) is 33.6 Å². The van der Waals surface area contributed by atoms with E-state index in [0.29, 0.717) is 11.0 Å². The molecule has 1 aromatic carbocycles. The van der Waals surface area contributed by atoms with E-state index in [2.05, 4.69) is 48.4 Å². The largest absolute Gasteiger partial charge is 0.358 e. The quantitative estimate of drug-likeness (QED) is 0.663. The lowest BCUT2D eigenvalue weighted by Crippen LogP contribution is -2.20. The molecule has 2 rings (SSSR count). The molecule has 22 heavy (non-hydrogen) atoms. The molecule has 0 bridgehead atoms. The normalized spacial score (nSPS) is 11.5. The van der Waals surface area contributed by atoms with Gasteiger partial charge < -0.3 is 11.2 Å². The molecule has 0 aliphatic carbocycles. The molecule has 0 atom stereocenters. The summed E-state index contributed by atoms with van der Waals surface area (Å²) < 4.78 is 1.42. The molecule has 3 N–H and O–H groups in total. The number of nitrogen functional groups attached to an aromatic ring is 1. The second-order valence-electron chi connectivity index (χ2n) is 5.97. The fraction of sp³-hybridized carbons (Fsp3) is 0.400. The van der Waals surface area contributed by atoms with Gasteiger partial charge in [0, 0.05) is 12.6 Å². The molecule has 0 saturated carbocycles. The summed E-state index contributed by atoms with van der Waals surface area (Å²) in [5, 5.41) is 11.2. The molecule has 1 amide bonds. The van der Waals surface area contributed by atoms with E-state index in [0.717, 1.165) is 5.56 Å². The molecule has 1 heterocycles. The fourth-order valence-electron chi connectivity index (χ4n) is 1.89. The standard InChI is InChI=1S/C15H21N5OS/c1-15(2,3)11-7-5-10(6-8-11)13-18-19-14(20(13)16)22-9-12(21)17-4/h5-8H,9,16H2,1-4H3,(H,17,21). The maximum absolute atomic E-state index is 11.3. The summed E-state index contributed by atoms with van der Waals surface area (Å²) in [5.74, 6) is 6.79. The van der Waals surface area contributed by atoms with E-state index in [1.165, 1.54) is 22.0 Å². The van der Waals surface area contributed by atoms with Crippen LogP contribution in [0.4, 0.5) is 0 Å². The average molecular weight is 319 g/mol. The van der Waals surface area contributed by atoms with Crippen LogP contribution in [0.3, 0.4) is 0 Å². The number of hydrogen-bond donors (Lipinski definition) is 2. The highest BCUT2D eigenvalue weighted by Gasteiger charge is 2.16. The Hall–Kier alpha value is -2.02. The van der Waals surface area contributed by atoms with Crippen LogP contribution in [0.1, 0.15) is 26.3 Å². The van der Waals surface area contributed by atoms with Gasteiger partial charge in [-0.1, -0.05) is 56.8 Å². The van der Waals surface area contributed by atoms with Gasteiger partial charge in [0.2, 0.25) is 11.1 Å². The molecular weight excluding hydrogens is 298 g/mol. The number of aromatic nitrogens is 3. The fourth-order valence-corrected chi connectivity index (χ4v) is 2.62. The molecule has 0 radical (unpaired) electrons. The number of benzene rings is 1. The van der Waals surface area contributed by atoms with E-state index in [1.807, 2.05) is 12.1 Å². The Balaban J connectivity index is 2.20. The van der Waals surface area contributed by atoms with Gasteiger partial charge in [-0.2, -0.15) is 0 Å². The molecule has 0 spiro atoms. The monoisotopic (exact) mass is 319 g/mol. The van der Waals surface area contributed by atoms with Crippen LogP contribution >= 0.6 is 11.8 Å². The Morgan fingerprint density at radius 3 is 2.45 bits per heavy atom. The number of nitrogens with two attached hydrogens (primary N) is 1. The van der Waals surface area contributed by atoms with E-state index >= 15 is 0 Å². The van der Waals surface area contributed by atoms with Crippen molar-refractivity contribution >= 4 is 17.7 Å². The first-order valence-electron chi connectivity index (χ1n) is 6.97. The number of nitrogens with zero attached hydrogens (tertiary/aromatic N) is 3. The number of carbonyl (C=O) groups excluding carboxylic acids is 1. The van der Waals surface area contributed by atoms with Crippen molar-refractivity contribution in [3.05, 3.63) is 29.8 Å². The Morgan fingerprint density at radius 1 is 1.27 bits per heavy atom. The molecule has 7 heteroatoms. The molecule has 0 unspecified atom stereocenters. The third-order valence-corrected chi connectivity index (χ3v) is 4.23. The van der Waals surface area contributed by atoms with Crippen molar-refractivity contribution < 1.29 is 4.79 Å². The molecule has 0 aliphatic heterocycles. The van der Waals surface area contributed by atoms with Crippen LogP contribution in [0.15, 0.2) is 29.4 Å². The minimum absolute atomic E-state index is 0.0796. The number of carbonyl (C=O) groups is 1. The predicted octanol–water partition coefficient (Wildman–Crippen LogP) is 1.79. The molecule has 0 saturated heterocycles. The van der Waals surface area contributed by atoms with Gasteiger partial charge in [0.1, 0.15) is 0 Å². The van der Waals surface area contributed by atoms with Gasteiger partial charge in [-0.05, 0) is 11.0 Å². The van der Waals surface area contributed by atoms with E-state index in [9.17, 15) is 4.79 Å². The van der Waals surface area contributed by atoms with Crippen LogP contribution in [0.5, 0.6) is 0 Å². The van der Waals surface area contributed by atoms with Gasteiger partial charge in [-0.25, -0.2) is 4.68 Å². The smallest absolute Gasteiger partial charge is 0.230 e. The van der Waals surface area contributed by atoms with Gasteiger partial charge in [0.05, 0.1) is 5.75 Å². The molecular formula is C15H21N5OS. The Morgan fingerprint density at radius 2 is 1.91 bits per heavy atom. The Kier molecular flexibility index (Phi) is 4.75. The molecule has 0 aliphatic rings. The Labute approximate surface area is 134 Å². The number of hydrogen-bond acceptors (Lipinski definition) is 5. The molecule has 118 valence electrons. The lowest BCUT2D eigenvalue weighted by molar-refractivity contribution is -0.118. The SMILES string of the molecule is CNC(=O)CSc1nnc(-c2ccc(C(C)(C)C)cc2)n1N. The van der Waals surface area contributed by atoms with Crippen LogP contribution in [0.2, 0.25) is 0 Å². The highest BCUT2D eigenvalue weighted by atomic mass is 32.2. The van der Waals surface area contributed by atoms with Crippen molar-refractivity contribution in [2.45, 2.75) is 31.3 Å². The first-order valence-corrected chi connectivity index (χ1v) is 7.96. The third kappa shape index (κ3) is 3.59. The summed E-state index contributed by atoms with van der Waals surface area (Å²) in [5.41, 5.74) is 2.24. The maximum Gasteiger partial charge on any atom is 0.230 e. The minimum Gasteiger partial charge on any atom is -0.358 e. The van der Waals surface area contributed by atoms with Crippen molar-refractivity contribution in [3.8, 4) is 11.4 Å². The lowest BCUT2D eigenvalue weighted by Gasteiger charge is -2.19. The summed E-state index contributed by atoms with van der Waals surface area (Å²) in [6, 6.07) is 8.12. The number of nitrogens with one attached hydrogen (secondary N) is 1. The van der Waals surface area contributed by atoms with Gasteiger partial charge in [-0.3, -0.25) is 4.79 Å². The Bertz CT molecular complexity index is 658. The lowest BCUT2D eigenvalue weighted by atomic mass is 9.87. The predicted molar refractivity (Wildman–Crippen MR) is 89.1 cm³/mol. The number of thioether (sulfide) groups is 1. The highest BCUT2D eigenvalue weighted by molar-refractivity contribution is 7.99. The summed E-state index contributed by atoms with van der Waals surface area (Å²) in [6.45, 7) is 6.50. The molecule has 0 fully saturated rings. The van der Waals surface area contributed by atoms with Gasteiger partial charge >= 0.3 is 0 Å². The zero-order valence-electron chi connectivity index (χ0n) is 13.3. The first kappa shape index (κ1) is 16.4. The van der Waals surface area contributed by atoms with Gasteiger partial charge in [0.25, 0.3) is 0 Å². The highest BCUT2D eigenvalue weighted by Crippen LogP contribution is 2.26. The van der Waals surface area contributed by atoms with E-state index < -0.39 is 0 Å². The number of rotatable bonds is 4. The summed E-state index contributed by atoms with van der Waals surface area (Å²) in [7, 11) is 1.60. The van der Waals surface area contributed by atoms with Crippen molar-refractivity contribution in [2.75, 3.05) is 18.6 Å². The minimum atomic E-state index is -0.0796. The van der Waals surface area contributed by atoms with E-state index in [1.54, 1.807) is 7.05 Å². The summed E-state index contributed by atoms with van der Waals surface area (Å²) in [6.07, 6.45) is 0. The van der Waals surface area contributed by atoms with Gasteiger partial charge in [-0.15, -0.1) is 10.2 Å². The average Bonchev–Trinajstić information content (AvgIpc) is 2.85. The second-order valence-corrected chi connectivity index (χ2v) is 6.91. The van der Waals surface area contributed by atoms with Crippen LogP contribution < -0.4 is 11.2 Å². The van der Waals surface area contributed by atoms with Crippen LogP contribution in [0.25, 0.3) is 11.4 Å². The van der Waals surface area contributed by atoms with Crippen LogP contribution in [-0.2, 0) is 10.2 Å². The van der Waals surface area contributed by atoms with Gasteiger partial charge in [0.15, 0.2) is 5.82 Å². The third-order valence-electron chi connectivity index (χ3n) is 3.28.